The highest BCUT2D eigenvalue weighted by molar-refractivity contribution is 6.30. The van der Waals surface area contributed by atoms with Gasteiger partial charge in [-0.15, -0.1) is 0 Å². The molecule has 2 saturated heterocycles. The van der Waals surface area contributed by atoms with Gasteiger partial charge >= 0.3 is 0 Å². The van der Waals surface area contributed by atoms with Crippen LogP contribution in [0.1, 0.15) is 88.1 Å². The average molecular weight is 554 g/mol. The highest BCUT2D eigenvalue weighted by atomic mass is 35.5. The van der Waals surface area contributed by atoms with Crippen LogP contribution in [-0.4, -0.2) is 62.6 Å². The van der Waals surface area contributed by atoms with Crippen LogP contribution < -0.4 is 5.32 Å². The predicted molar refractivity (Wildman–Crippen MR) is 155 cm³/mol. The van der Waals surface area contributed by atoms with Crippen LogP contribution in [0.2, 0.25) is 5.02 Å². The number of hydrogen-bond donors (Lipinski definition) is 1. The van der Waals surface area contributed by atoms with Crippen molar-refractivity contribution in [2.45, 2.75) is 103 Å². The van der Waals surface area contributed by atoms with Gasteiger partial charge in [0.05, 0.1) is 11.4 Å². The molecule has 7 nitrogen and oxygen atoms in total. The zero-order chi connectivity index (χ0) is 27.6. The van der Waals surface area contributed by atoms with Crippen LogP contribution in [0.3, 0.4) is 0 Å². The Bertz CT molecular complexity index is 1160. The van der Waals surface area contributed by atoms with Gasteiger partial charge in [0.1, 0.15) is 11.6 Å². The number of nitrogens with zero attached hydrogens (tertiary/aromatic N) is 4. The number of aryl methyl sites for hydroxylation is 1. The molecule has 39 heavy (non-hydrogen) atoms. The molecule has 3 heterocycles. The first-order valence-corrected chi connectivity index (χ1v) is 15.4. The topological polar surface area (TPSA) is 70.5 Å². The molecule has 1 aliphatic carbocycles. The van der Waals surface area contributed by atoms with E-state index in [0.29, 0.717) is 30.3 Å². The summed E-state index contributed by atoms with van der Waals surface area (Å²) in [7, 11) is 0. The van der Waals surface area contributed by atoms with E-state index in [1.807, 2.05) is 33.8 Å². The van der Waals surface area contributed by atoms with Crippen molar-refractivity contribution >= 4 is 23.4 Å². The Labute approximate surface area is 238 Å². The van der Waals surface area contributed by atoms with Gasteiger partial charge in [0.25, 0.3) is 0 Å². The summed E-state index contributed by atoms with van der Waals surface area (Å²) < 4.78 is 1.98. The van der Waals surface area contributed by atoms with Crippen LogP contribution in [0, 0.1) is 19.8 Å². The second kappa shape index (κ2) is 12.0. The number of likely N-dealkylation sites (tertiary alicyclic amines) is 1. The lowest BCUT2D eigenvalue weighted by atomic mass is 9.79. The highest BCUT2D eigenvalue weighted by Crippen LogP contribution is 2.36. The maximum Gasteiger partial charge on any atom is 0.246 e. The molecule has 212 valence electrons. The van der Waals surface area contributed by atoms with Crippen molar-refractivity contribution < 1.29 is 9.59 Å². The summed E-state index contributed by atoms with van der Waals surface area (Å²) in [6.45, 7) is 9.35. The molecular weight excluding hydrogens is 510 g/mol. The molecule has 1 aromatic heterocycles. The van der Waals surface area contributed by atoms with Gasteiger partial charge in [-0.3, -0.25) is 14.5 Å². The molecule has 2 amide bonds. The minimum Gasteiger partial charge on any atom is -0.342 e. The van der Waals surface area contributed by atoms with Crippen LogP contribution in [0.15, 0.2) is 24.3 Å². The fraction of sp³-hybridized carbons (Fsp3) is 0.645. The van der Waals surface area contributed by atoms with Crippen LogP contribution in [-0.2, 0) is 16.1 Å². The first-order chi connectivity index (χ1) is 18.8. The van der Waals surface area contributed by atoms with Crippen molar-refractivity contribution in [1.29, 1.82) is 0 Å². The summed E-state index contributed by atoms with van der Waals surface area (Å²) in [4.78, 5) is 32.0. The van der Waals surface area contributed by atoms with Gasteiger partial charge in [-0.1, -0.05) is 57.0 Å². The van der Waals surface area contributed by atoms with Crippen molar-refractivity contribution in [3.8, 4) is 5.69 Å². The quantitative estimate of drug-likeness (QED) is 0.463. The molecule has 2 aromatic rings. The van der Waals surface area contributed by atoms with Gasteiger partial charge in [0.2, 0.25) is 11.8 Å². The fourth-order valence-electron chi connectivity index (χ4n) is 6.97. The lowest BCUT2D eigenvalue weighted by Gasteiger charge is -2.52. The van der Waals surface area contributed by atoms with Crippen molar-refractivity contribution in [1.82, 2.24) is 24.9 Å². The Kier molecular flexibility index (Phi) is 8.67. The number of carbonyl (C=O) groups excluding carboxylic acids is 2. The maximum absolute atomic E-state index is 13.8. The number of rotatable bonds is 8. The van der Waals surface area contributed by atoms with E-state index in [0.717, 1.165) is 56.0 Å². The third-order valence-corrected chi connectivity index (χ3v) is 9.67. The normalized spacial score (nSPS) is 22.5. The SMILES string of the molecule is CCCCN1C(=O)C(CC2CCCCC2)NC(=O)C12CCN(Cc1c(C)nn(-c3ccc(Cl)cc3)c1C)CC2. The number of carbonyl (C=O) groups is 2. The van der Waals surface area contributed by atoms with E-state index in [9.17, 15) is 9.59 Å². The average Bonchev–Trinajstić information content (AvgIpc) is 3.22. The largest absolute Gasteiger partial charge is 0.342 e. The molecular formula is C31H44ClN5O2. The number of aromatic nitrogens is 2. The number of piperidine rings is 1. The first kappa shape index (κ1) is 28.2. The van der Waals surface area contributed by atoms with E-state index in [1.165, 1.54) is 37.7 Å². The number of piperazine rings is 1. The second-order valence-corrected chi connectivity index (χ2v) is 12.4. The Balaban J connectivity index is 1.28. The molecule has 0 radical (unpaired) electrons. The minimum atomic E-state index is -0.719. The van der Waals surface area contributed by atoms with Gasteiger partial charge in [0, 0.05) is 42.5 Å². The monoisotopic (exact) mass is 553 g/mol. The molecule has 2 aliphatic heterocycles. The predicted octanol–water partition coefficient (Wildman–Crippen LogP) is 5.57. The van der Waals surface area contributed by atoms with Gasteiger partial charge in [-0.2, -0.15) is 5.10 Å². The molecule has 3 aliphatic rings. The zero-order valence-corrected chi connectivity index (χ0v) is 24.6. The van der Waals surface area contributed by atoms with Gasteiger partial charge in [-0.25, -0.2) is 4.68 Å². The molecule has 1 aromatic carbocycles. The van der Waals surface area contributed by atoms with Crippen LogP contribution in [0.4, 0.5) is 0 Å². The Morgan fingerprint density at radius 2 is 1.74 bits per heavy atom. The summed E-state index contributed by atoms with van der Waals surface area (Å²) in [5, 5.41) is 8.74. The standard InChI is InChI=1S/C31H44ClN5O2/c1-4-5-17-36-29(38)28(20-24-9-7-6-8-10-24)33-30(39)31(36)15-18-35(19-16-31)21-27-22(2)34-37(23(27)3)26-13-11-25(32)12-14-26/h11-14,24,28H,4-10,15-21H2,1-3H3,(H,33,39). The molecule has 1 atom stereocenters. The molecule has 3 fully saturated rings. The number of benzene rings is 1. The number of hydrogen-bond acceptors (Lipinski definition) is 4. The Hall–Kier alpha value is -2.38. The molecule has 1 unspecified atom stereocenters. The first-order valence-electron chi connectivity index (χ1n) is 15.0. The van der Waals surface area contributed by atoms with Gasteiger partial charge in [0.15, 0.2) is 0 Å². The summed E-state index contributed by atoms with van der Waals surface area (Å²) in [5.41, 5.74) is 3.64. The highest BCUT2D eigenvalue weighted by Gasteiger charge is 2.53. The molecule has 1 spiro atoms. The third kappa shape index (κ3) is 5.76. The molecule has 1 saturated carbocycles. The molecule has 8 heteroatoms. The Morgan fingerprint density at radius 3 is 2.41 bits per heavy atom. The van der Waals surface area contributed by atoms with E-state index in [1.54, 1.807) is 0 Å². The maximum atomic E-state index is 13.8. The number of halogens is 1. The Morgan fingerprint density at radius 1 is 1.05 bits per heavy atom. The summed E-state index contributed by atoms with van der Waals surface area (Å²) in [5.74, 6) is 0.775. The summed E-state index contributed by atoms with van der Waals surface area (Å²) >= 11 is 6.09. The second-order valence-electron chi connectivity index (χ2n) is 12.0. The van der Waals surface area contributed by atoms with E-state index in [-0.39, 0.29) is 17.9 Å². The van der Waals surface area contributed by atoms with Gasteiger partial charge < -0.3 is 10.2 Å². The molecule has 1 N–H and O–H groups in total. The molecule has 5 rings (SSSR count). The summed E-state index contributed by atoms with van der Waals surface area (Å²) in [6.07, 6.45) is 10.2. The number of unbranched alkanes of at least 4 members (excludes halogenated alkanes) is 1. The van der Waals surface area contributed by atoms with E-state index >= 15 is 0 Å². The zero-order valence-electron chi connectivity index (χ0n) is 23.8. The van der Waals surface area contributed by atoms with Crippen molar-refractivity contribution in [3.63, 3.8) is 0 Å². The van der Waals surface area contributed by atoms with E-state index in [4.69, 9.17) is 16.7 Å². The van der Waals surface area contributed by atoms with Crippen LogP contribution in [0.25, 0.3) is 5.69 Å². The molecule has 0 bridgehead atoms. The van der Waals surface area contributed by atoms with Crippen LogP contribution in [0.5, 0.6) is 0 Å². The van der Waals surface area contributed by atoms with Crippen molar-refractivity contribution in [3.05, 3.63) is 46.2 Å². The van der Waals surface area contributed by atoms with Crippen molar-refractivity contribution in [2.75, 3.05) is 19.6 Å². The van der Waals surface area contributed by atoms with E-state index in [2.05, 4.69) is 31.0 Å². The number of nitrogens with one attached hydrogen (secondary N) is 1. The fourth-order valence-corrected chi connectivity index (χ4v) is 7.10. The third-order valence-electron chi connectivity index (χ3n) is 9.42. The van der Waals surface area contributed by atoms with Crippen LogP contribution >= 0.6 is 11.6 Å². The minimum absolute atomic E-state index is 0.0709. The number of amides is 2. The lowest BCUT2D eigenvalue weighted by molar-refractivity contribution is -0.162. The smallest absolute Gasteiger partial charge is 0.246 e. The summed E-state index contributed by atoms with van der Waals surface area (Å²) in [6, 6.07) is 7.39. The van der Waals surface area contributed by atoms with Crippen molar-refractivity contribution in [2.24, 2.45) is 5.92 Å². The van der Waals surface area contributed by atoms with Gasteiger partial charge in [-0.05, 0) is 69.7 Å². The lowest BCUT2D eigenvalue weighted by Crippen LogP contribution is -2.73. The van der Waals surface area contributed by atoms with E-state index < -0.39 is 5.54 Å².